The van der Waals surface area contributed by atoms with Gasteiger partial charge in [-0.2, -0.15) is 0 Å². The van der Waals surface area contributed by atoms with Gasteiger partial charge in [-0.1, -0.05) is 12.2 Å². The summed E-state index contributed by atoms with van der Waals surface area (Å²) in [7, 11) is -3.76. The standard InChI is InChI=1S/C8H14N2O3S/c1-3-5-10(6-4-2)8(11)7-14(9,12)13/h3-4H,1-2,5-7H2,(H2,9,12,13). The first-order chi connectivity index (χ1) is 6.40. The second kappa shape index (κ2) is 5.56. The minimum Gasteiger partial charge on any atom is -0.334 e. The van der Waals surface area contributed by atoms with Gasteiger partial charge in [-0.05, 0) is 0 Å². The number of nitrogens with zero attached hydrogens (tertiary/aromatic N) is 1. The van der Waals surface area contributed by atoms with E-state index in [9.17, 15) is 13.2 Å². The average molecular weight is 218 g/mol. The van der Waals surface area contributed by atoms with Gasteiger partial charge < -0.3 is 4.90 Å². The molecule has 0 aliphatic heterocycles. The molecule has 0 fully saturated rings. The van der Waals surface area contributed by atoms with Crippen LogP contribution in [0.15, 0.2) is 25.3 Å². The van der Waals surface area contributed by atoms with Crippen molar-refractivity contribution in [3.8, 4) is 0 Å². The zero-order valence-electron chi connectivity index (χ0n) is 7.85. The maximum Gasteiger partial charge on any atom is 0.239 e. The third-order valence-electron chi connectivity index (χ3n) is 1.38. The van der Waals surface area contributed by atoms with Crippen LogP contribution in [0, 0.1) is 0 Å². The van der Waals surface area contributed by atoms with E-state index in [1.807, 2.05) is 0 Å². The van der Waals surface area contributed by atoms with Crippen LogP contribution < -0.4 is 5.14 Å². The first kappa shape index (κ1) is 12.9. The van der Waals surface area contributed by atoms with E-state index in [1.54, 1.807) is 0 Å². The molecular formula is C8H14N2O3S. The summed E-state index contributed by atoms with van der Waals surface area (Å²) in [4.78, 5) is 12.6. The van der Waals surface area contributed by atoms with Gasteiger partial charge in [0.05, 0.1) is 0 Å². The molecule has 2 N–H and O–H groups in total. The third-order valence-corrected chi connectivity index (χ3v) is 2.03. The molecule has 0 heterocycles. The zero-order chi connectivity index (χ0) is 11.2. The highest BCUT2D eigenvalue weighted by Gasteiger charge is 2.16. The lowest BCUT2D eigenvalue weighted by molar-refractivity contribution is -0.127. The number of rotatable bonds is 6. The van der Waals surface area contributed by atoms with Crippen molar-refractivity contribution >= 4 is 15.9 Å². The predicted octanol–water partition coefficient (Wildman–Crippen LogP) is -0.524. The lowest BCUT2D eigenvalue weighted by Crippen LogP contribution is -2.37. The minimum absolute atomic E-state index is 0.278. The molecule has 5 nitrogen and oxygen atoms in total. The summed E-state index contributed by atoms with van der Waals surface area (Å²) in [5.41, 5.74) is 0. The van der Waals surface area contributed by atoms with E-state index in [-0.39, 0.29) is 13.1 Å². The fourth-order valence-electron chi connectivity index (χ4n) is 0.853. The molecule has 80 valence electrons. The van der Waals surface area contributed by atoms with Crippen LogP contribution >= 0.6 is 0 Å². The highest BCUT2D eigenvalue weighted by atomic mass is 32.2. The molecule has 1 amide bonds. The molecule has 6 heteroatoms. The molecule has 0 radical (unpaired) electrons. The Hall–Kier alpha value is -1.14. The summed E-state index contributed by atoms with van der Waals surface area (Å²) in [5.74, 6) is -1.23. The van der Waals surface area contributed by atoms with Gasteiger partial charge in [0.25, 0.3) is 0 Å². The maximum absolute atomic E-state index is 11.3. The molecule has 0 aromatic carbocycles. The summed E-state index contributed by atoms with van der Waals surface area (Å²) in [6, 6.07) is 0. The largest absolute Gasteiger partial charge is 0.334 e. The van der Waals surface area contributed by atoms with Crippen LogP contribution in [0.4, 0.5) is 0 Å². The van der Waals surface area contributed by atoms with Crippen molar-refractivity contribution in [2.75, 3.05) is 18.8 Å². The molecule has 0 aliphatic rings. The number of sulfonamides is 1. The van der Waals surface area contributed by atoms with E-state index in [0.717, 1.165) is 0 Å². The van der Waals surface area contributed by atoms with Crippen molar-refractivity contribution in [2.45, 2.75) is 0 Å². The van der Waals surface area contributed by atoms with E-state index in [4.69, 9.17) is 5.14 Å². The van der Waals surface area contributed by atoms with Gasteiger partial charge in [-0.3, -0.25) is 4.79 Å². The van der Waals surface area contributed by atoms with Gasteiger partial charge in [0, 0.05) is 13.1 Å². The first-order valence-corrected chi connectivity index (χ1v) is 5.62. The Kier molecular flexibility index (Phi) is 5.11. The van der Waals surface area contributed by atoms with E-state index in [0.29, 0.717) is 0 Å². The van der Waals surface area contributed by atoms with Crippen LogP contribution in [0.1, 0.15) is 0 Å². The lowest BCUT2D eigenvalue weighted by Gasteiger charge is -2.18. The topological polar surface area (TPSA) is 80.5 Å². The number of carbonyl (C=O) groups excluding carboxylic acids is 1. The Labute approximate surface area is 83.9 Å². The fraction of sp³-hybridized carbons (Fsp3) is 0.375. The molecule has 0 aromatic heterocycles. The Morgan fingerprint density at radius 2 is 1.71 bits per heavy atom. The minimum atomic E-state index is -3.76. The van der Waals surface area contributed by atoms with Crippen LogP contribution in [0.5, 0.6) is 0 Å². The maximum atomic E-state index is 11.3. The van der Waals surface area contributed by atoms with Crippen LogP contribution in [0.2, 0.25) is 0 Å². The van der Waals surface area contributed by atoms with Crippen molar-refractivity contribution in [3.05, 3.63) is 25.3 Å². The van der Waals surface area contributed by atoms with Gasteiger partial charge in [0.15, 0.2) is 0 Å². The monoisotopic (exact) mass is 218 g/mol. The Bertz CT molecular complexity index is 311. The molecule has 0 bridgehead atoms. The normalized spacial score (nSPS) is 10.6. The Morgan fingerprint density at radius 3 is 2.00 bits per heavy atom. The van der Waals surface area contributed by atoms with E-state index >= 15 is 0 Å². The van der Waals surface area contributed by atoms with Crippen molar-refractivity contribution in [3.63, 3.8) is 0 Å². The summed E-state index contributed by atoms with van der Waals surface area (Å²) in [6.07, 6.45) is 3.01. The highest BCUT2D eigenvalue weighted by molar-refractivity contribution is 7.89. The summed E-state index contributed by atoms with van der Waals surface area (Å²) in [5, 5.41) is 4.74. The van der Waals surface area contributed by atoms with Gasteiger partial charge in [-0.15, -0.1) is 13.2 Å². The van der Waals surface area contributed by atoms with Crippen molar-refractivity contribution in [1.29, 1.82) is 0 Å². The van der Waals surface area contributed by atoms with Gasteiger partial charge in [0.1, 0.15) is 5.75 Å². The molecule has 0 aliphatic carbocycles. The summed E-state index contributed by atoms with van der Waals surface area (Å²) < 4.78 is 21.3. The van der Waals surface area contributed by atoms with Gasteiger partial charge >= 0.3 is 0 Å². The lowest BCUT2D eigenvalue weighted by atomic mass is 10.4. The number of hydrogen-bond acceptors (Lipinski definition) is 3. The van der Waals surface area contributed by atoms with Crippen LogP contribution in [-0.2, 0) is 14.8 Å². The molecule has 0 spiro atoms. The molecule has 0 saturated carbocycles. The van der Waals surface area contributed by atoms with Crippen LogP contribution in [0.25, 0.3) is 0 Å². The number of primary sulfonamides is 1. The van der Waals surface area contributed by atoms with Crippen molar-refractivity contribution in [2.24, 2.45) is 5.14 Å². The molecular weight excluding hydrogens is 204 g/mol. The van der Waals surface area contributed by atoms with Crippen LogP contribution in [0.3, 0.4) is 0 Å². The number of hydrogen-bond donors (Lipinski definition) is 1. The first-order valence-electron chi connectivity index (χ1n) is 3.90. The van der Waals surface area contributed by atoms with Gasteiger partial charge in [-0.25, -0.2) is 13.6 Å². The Morgan fingerprint density at radius 1 is 1.29 bits per heavy atom. The number of carbonyl (C=O) groups is 1. The van der Waals surface area contributed by atoms with Gasteiger partial charge in [0.2, 0.25) is 15.9 Å². The fourth-order valence-corrected chi connectivity index (χ4v) is 1.38. The molecule has 0 rings (SSSR count). The van der Waals surface area contributed by atoms with E-state index in [1.165, 1.54) is 17.1 Å². The van der Waals surface area contributed by atoms with Crippen LogP contribution in [-0.4, -0.2) is 38.1 Å². The quantitative estimate of drug-likeness (QED) is 0.609. The van der Waals surface area contributed by atoms with E-state index < -0.39 is 21.7 Å². The van der Waals surface area contributed by atoms with Crippen molar-refractivity contribution < 1.29 is 13.2 Å². The second-order valence-corrected chi connectivity index (χ2v) is 4.30. The SMILES string of the molecule is C=CCN(CC=C)C(=O)CS(N)(=O)=O. The molecule has 0 saturated heterocycles. The predicted molar refractivity (Wildman–Crippen MR) is 54.9 cm³/mol. The molecule has 14 heavy (non-hydrogen) atoms. The highest BCUT2D eigenvalue weighted by Crippen LogP contribution is 1.93. The summed E-state index contributed by atoms with van der Waals surface area (Å²) >= 11 is 0. The van der Waals surface area contributed by atoms with E-state index in [2.05, 4.69) is 13.2 Å². The zero-order valence-corrected chi connectivity index (χ0v) is 8.66. The smallest absolute Gasteiger partial charge is 0.239 e. The second-order valence-electron chi connectivity index (χ2n) is 2.68. The average Bonchev–Trinajstić information content (AvgIpc) is 2.01. The Balaban J connectivity index is 4.43. The number of amides is 1. The summed E-state index contributed by atoms with van der Waals surface area (Å²) in [6.45, 7) is 7.46. The molecule has 0 aromatic rings. The molecule has 0 unspecified atom stereocenters. The van der Waals surface area contributed by atoms with Crippen molar-refractivity contribution in [1.82, 2.24) is 4.90 Å². The third kappa shape index (κ3) is 5.50. The number of nitrogens with two attached hydrogens (primary N) is 1. The molecule has 0 atom stereocenters.